The van der Waals surface area contributed by atoms with Crippen LogP contribution in [0.1, 0.15) is 36.5 Å². The fraction of sp³-hybridized carbons (Fsp3) is 0.261. The topological polar surface area (TPSA) is 76.0 Å². The normalized spacial score (nSPS) is 10.5. The van der Waals surface area contributed by atoms with Crippen LogP contribution in [0.15, 0.2) is 67.0 Å². The minimum atomic E-state index is -0.0401. The maximum absolute atomic E-state index is 12.4. The van der Waals surface area contributed by atoms with Crippen LogP contribution in [-0.2, 0) is 29.1 Å². The maximum atomic E-state index is 12.4. The molecule has 0 aliphatic rings. The van der Waals surface area contributed by atoms with Crippen LogP contribution < -0.4 is 10.6 Å². The van der Waals surface area contributed by atoms with E-state index >= 15 is 0 Å². The second kappa shape index (κ2) is 10.2. The Morgan fingerprint density at radius 3 is 2.41 bits per heavy atom. The highest BCUT2D eigenvalue weighted by Crippen LogP contribution is 2.12. The quantitative estimate of drug-likeness (QED) is 0.587. The van der Waals surface area contributed by atoms with Crippen molar-refractivity contribution < 1.29 is 9.59 Å². The zero-order valence-corrected chi connectivity index (χ0v) is 16.6. The summed E-state index contributed by atoms with van der Waals surface area (Å²) in [6.07, 6.45) is 5.29. The summed E-state index contributed by atoms with van der Waals surface area (Å²) in [4.78, 5) is 24.0. The Bertz CT molecular complexity index is 934. The number of amides is 2. The lowest BCUT2D eigenvalue weighted by molar-refractivity contribution is -0.120. The summed E-state index contributed by atoms with van der Waals surface area (Å²) in [5.74, 6) is -0.0339. The second-order valence-electron chi connectivity index (χ2n) is 6.92. The van der Waals surface area contributed by atoms with E-state index in [1.165, 1.54) is 0 Å². The zero-order valence-electron chi connectivity index (χ0n) is 16.6. The molecule has 150 valence electrons. The fourth-order valence-corrected chi connectivity index (χ4v) is 3.05. The first kappa shape index (κ1) is 20.3. The molecule has 2 N–H and O–H groups in total. The number of hydrogen-bond donors (Lipinski definition) is 2. The predicted octanol–water partition coefficient (Wildman–Crippen LogP) is 3.53. The van der Waals surface area contributed by atoms with Gasteiger partial charge in [-0.2, -0.15) is 5.10 Å². The average molecular weight is 390 g/mol. The van der Waals surface area contributed by atoms with Gasteiger partial charge in [0, 0.05) is 31.0 Å². The fourth-order valence-electron chi connectivity index (χ4n) is 3.05. The lowest BCUT2D eigenvalue weighted by Crippen LogP contribution is -2.25. The van der Waals surface area contributed by atoms with Gasteiger partial charge < -0.3 is 10.6 Å². The minimum Gasteiger partial charge on any atom is -0.352 e. The Labute approximate surface area is 170 Å². The van der Waals surface area contributed by atoms with E-state index in [9.17, 15) is 9.59 Å². The molecule has 6 heteroatoms. The van der Waals surface area contributed by atoms with Crippen molar-refractivity contribution in [2.75, 3.05) is 5.32 Å². The number of carbonyl (C=O) groups excluding carboxylic acids is 2. The Kier molecular flexibility index (Phi) is 7.16. The first-order chi connectivity index (χ1) is 14.1. The van der Waals surface area contributed by atoms with Gasteiger partial charge in [0.2, 0.25) is 11.8 Å². The summed E-state index contributed by atoms with van der Waals surface area (Å²) in [6, 6.07) is 17.3. The van der Waals surface area contributed by atoms with Crippen LogP contribution in [0.25, 0.3) is 0 Å². The molecule has 1 heterocycles. The first-order valence-electron chi connectivity index (χ1n) is 9.83. The van der Waals surface area contributed by atoms with Crippen LogP contribution >= 0.6 is 0 Å². The molecule has 6 nitrogen and oxygen atoms in total. The van der Waals surface area contributed by atoms with E-state index < -0.39 is 0 Å². The molecule has 0 saturated heterocycles. The smallest absolute Gasteiger partial charge is 0.224 e. The number of anilines is 1. The van der Waals surface area contributed by atoms with Gasteiger partial charge in [-0.15, -0.1) is 0 Å². The first-order valence-corrected chi connectivity index (χ1v) is 9.83. The number of nitrogens with one attached hydrogen (secondary N) is 2. The molecular formula is C23H26N4O2. The van der Waals surface area contributed by atoms with E-state index in [0.717, 1.165) is 28.8 Å². The average Bonchev–Trinajstić information content (AvgIpc) is 3.22. The van der Waals surface area contributed by atoms with E-state index in [4.69, 9.17) is 0 Å². The molecule has 0 radical (unpaired) electrons. The van der Waals surface area contributed by atoms with Crippen LogP contribution in [0.3, 0.4) is 0 Å². The van der Waals surface area contributed by atoms with Crippen LogP contribution in [0.4, 0.5) is 5.69 Å². The Morgan fingerprint density at radius 2 is 1.72 bits per heavy atom. The molecule has 3 rings (SSSR count). The number of rotatable bonds is 9. The molecule has 0 aliphatic carbocycles. The standard InChI is InChI=1S/C23H26N4O2/c1-2-6-22(28)26-21-11-9-18(10-12-21)15-23(29)24-16-19-7-3-4-8-20(19)17-27-14-5-13-25-27/h3-5,7-14H,2,6,15-17H2,1H3,(H,24,29)(H,26,28). The lowest BCUT2D eigenvalue weighted by atomic mass is 10.1. The van der Waals surface area contributed by atoms with Gasteiger partial charge in [0.1, 0.15) is 0 Å². The Balaban J connectivity index is 1.52. The van der Waals surface area contributed by atoms with Gasteiger partial charge in [-0.3, -0.25) is 14.3 Å². The molecule has 0 aliphatic heterocycles. The molecule has 2 aromatic carbocycles. The minimum absolute atomic E-state index is 0.00627. The third-order valence-electron chi connectivity index (χ3n) is 4.57. The van der Waals surface area contributed by atoms with Crippen molar-refractivity contribution >= 4 is 17.5 Å². The summed E-state index contributed by atoms with van der Waals surface area (Å²) >= 11 is 0. The molecule has 2 amide bonds. The maximum Gasteiger partial charge on any atom is 0.224 e. The van der Waals surface area contributed by atoms with Gasteiger partial charge in [0.05, 0.1) is 13.0 Å². The van der Waals surface area contributed by atoms with Crippen molar-refractivity contribution in [1.82, 2.24) is 15.1 Å². The molecule has 0 spiro atoms. The number of aromatic nitrogens is 2. The van der Waals surface area contributed by atoms with E-state index in [0.29, 0.717) is 25.9 Å². The van der Waals surface area contributed by atoms with Crippen molar-refractivity contribution in [2.45, 2.75) is 39.3 Å². The van der Waals surface area contributed by atoms with Crippen molar-refractivity contribution in [1.29, 1.82) is 0 Å². The van der Waals surface area contributed by atoms with Gasteiger partial charge in [0.25, 0.3) is 0 Å². The van der Waals surface area contributed by atoms with E-state index in [-0.39, 0.29) is 11.8 Å². The highest BCUT2D eigenvalue weighted by molar-refractivity contribution is 5.90. The van der Waals surface area contributed by atoms with Crippen LogP contribution in [-0.4, -0.2) is 21.6 Å². The molecule has 1 aromatic heterocycles. The van der Waals surface area contributed by atoms with Gasteiger partial charge in [0.15, 0.2) is 0 Å². The summed E-state index contributed by atoms with van der Waals surface area (Å²) < 4.78 is 1.86. The lowest BCUT2D eigenvalue weighted by Gasteiger charge is -2.11. The van der Waals surface area contributed by atoms with Crippen molar-refractivity contribution in [3.8, 4) is 0 Å². The molecule has 0 atom stereocenters. The van der Waals surface area contributed by atoms with Gasteiger partial charge in [-0.1, -0.05) is 43.3 Å². The molecule has 0 saturated carbocycles. The third-order valence-corrected chi connectivity index (χ3v) is 4.57. The second-order valence-corrected chi connectivity index (χ2v) is 6.92. The highest BCUT2D eigenvalue weighted by Gasteiger charge is 2.07. The largest absolute Gasteiger partial charge is 0.352 e. The number of carbonyl (C=O) groups is 2. The van der Waals surface area contributed by atoms with E-state index in [1.807, 2.05) is 66.3 Å². The molecule has 3 aromatic rings. The van der Waals surface area contributed by atoms with Crippen molar-refractivity contribution in [3.63, 3.8) is 0 Å². The van der Waals surface area contributed by atoms with Crippen molar-refractivity contribution in [3.05, 3.63) is 83.7 Å². The predicted molar refractivity (Wildman–Crippen MR) is 113 cm³/mol. The summed E-state index contributed by atoms with van der Waals surface area (Å²) in [5.41, 5.74) is 3.86. The summed E-state index contributed by atoms with van der Waals surface area (Å²) in [7, 11) is 0. The highest BCUT2D eigenvalue weighted by atomic mass is 16.2. The van der Waals surface area contributed by atoms with Crippen LogP contribution in [0.2, 0.25) is 0 Å². The zero-order chi connectivity index (χ0) is 20.5. The van der Waals surface area contributed by atoms with Crippen LogP contribution in [0, 0.1) is 0 Å². The molecular weight excluding hydrogens is 364 g/mol. The van der Waals surface area contributed by atoms with Crippen LogP contribution in [0.5, 0.6) is 0 Å². The monoisotopic (exact) mass is 390 g/mol. The summed E-state index contributed by atoms with van der Waals surface area (Å²) in [5, 5.41) is 10.1. The molecule has 0 bridgehead atoms. The number of benzene rings is 2. The molecule has 0 unspecified atom stereocenters. The van der Waals surface area contributed by atoms with Crippen molar-refractivity contribution in [2.24, 2.45) is 0 Å². The Hall–Kier alpha value is -3.41. The van der Waals surface area contributed by atoms with Gasteiger partial charge in [-0.25, -0.2) is 0 Å². The summed E-state index contributed by atoms with van der Waals surface area (Å²) in [6.45, 7) is 3.11. The number of nitrogens with zero attached hydrogens (tertiary/aromatic N) is 2. The third kappa shape index (κ3) is 6.31. The SMILES string of the molecule is CCCC(=O)Nc1ccc(CC(=O)NCc2ccccc2Cn2cccn2)cc1. The van der Waals surface area contributed by atoms with Gasteiger partial charge >= 0.3 is 0 Å². The van der Waals surface area contributed by atoms with Gasteiger partial charge in [-0.05, 0) is 41.3 Å². The number of hydrogen-bond acceptors (Lipinski definition) is 3. The van der Waals surface area contributed by atoms with E-state index in [1.54, 1.807) is 6.20 Å². The molecule has 29 heavy (non-hydrogen) atoms. The van der Waals surface area contributed by atoms with E-state index in [2.05, 4.69) is 21.8 Å². The molecule has 0 fully saturated rings. The Morgan fingerprint density at radius 1 is 0.966 bits per heavy atom.